The van der Waals surface area contributed by atoms with Crippen molar-refractivity contribution in [1.29, 1.82) is 0 Å². The molecular weight excluding hydrogens is 424 g/mol. The van der Waals surface area contributed by atoms with Gasteiger partial charge in [-0.2, -0.15) is 0 Å². The molecule has 166 valence electrons. The quantitative estimate of drug-likeness (QED) is 0.319. The normalized spacial score (nSPS) is 11.3. The second-order valence-corrected chi connectivity index (χ2v) is 8.15. The molecule has 34 heavy (non-hydrogen) atoms. The van der Waals surface area contributed by atoms with E-state index >= 15 is 0 Å². The van der Waals surface area contributed by atoms with Gasteiger partial charge in [0.05, 0.1) is 18.1 Å². The molecule has 0 amide bonds. The molecule has 2 heterocycles. The summed E-state index contributed by atoms with van der Waals surface area (Å²) in [6.07, 6.45) is 0.704. The summed E-state index contributed by atoms with van der Waals surface area (Å²) in [7, 11) is 1.64. The lowest BCUT2D eigenvalue weighted by atomic mass is 10.0. The van der Waals surface area contributed by atoms with Gasteiger partial charge < -0.3 is 13.7 Å². The van der Waals surface area contributed by atoms with Crippen molar-refractivity contribution in [3.63, 3.8) is 0 Å². The lowest BCUT2D eigenvalue weighted by Crippen LogP contribution is -2.06. The number of imidazole rings is 1. The largest absolute Gasteiger partial charge is 0.497 e. The molecule has 0 aliphatic heterocycles. The molecule has 6 aromatic rings. The van der Waals surface area contributed by atoms with Crippen molar-refractivity contribution < 1.29 is 9.15 Å². The molecule has 0 saturated carbocycles. The third kappa shape index (κ3) is 3.69. The Morgan fingerprint density at radius 2 is 1.62 bits per heavy atom. The first-order chi connectivity index (χ1) is 16.8. The minimum absolute atomic E-state index is 0.448. The summed E-state index contributed by atoms with van der Waals surface area (Å²) in [6, 6.07) is 30.6. The van der Waals surface area contributed by atoms with Crippen LogP contribution in [0.1, 0.15) is 17.3 Å². The van der Waals surface area contributed by atoms with Crippen LogP contribution in [0.5, 0.6) is 5.75 Å². The van der Waals surface area contributed by atoms with Crippen LogP contribution < -0.4 is 4.74 Å². The highest BCUT2D eigenvalue weighted by atomic mass is 16.5. The number of para-hydroxylation sites is 2. The fraction of sp³-hybridized carbons (Fsp3) is 0.107. The average molecular weight is 447 g/mol. The molecule has 0 aliphatic rings. The summed E-state index contributed by atoms with van der Waals surface area (Å²) in [5, 5.41) is 11.0. The molecule has 0 spiro atoms. The predicted octanol–water partition coefficient (Wildman–Crippen LogP) is 5.89. The molecule has 0 unspecified atom stereocenters. The fourth-order valence-electron chi connectivity index (χ4n) is 4.36. The van der Waals surface area contributed by atoms with Crippen molar-refractivity contribution in [3.8, 4) is 17.2 Å². The van der Waals surface area contributed by atoms with Gasteiger partial charge in [-0.3, -0.25) is 0 Å². The van der Waals surface area contributed by atoms with Gasteiger partial charge in [-0.05, 0) is 52.7 Å². The van der Waals surface area contributed by atoms with E-state index in [-0.39, 0.29) is 0 Å². The summed E-state index contributed by atoms with van der Waals surface area (Å²) in [5.74, 6) is 2.76. The lowest BCUT2D eigenvalue weighted by molar-refractivity contribution is 0.415. The summed E-state index contributed by atoms with van der Waals surface area (Å²) >= 11 is 0. The van der Waals surface area contributed by atoms with E-state index in [1.807, 2.05) is 42.5 Å². The predicted molar refractivity (Wildman–Crippen MR) is 132 cm³/mol. The van der Waals surface area contributed by atoms with E-state index in [9.17, 15) is 0 Å². The Balaban J connectivity index is 1.37. The van der Waals surface area contributed by atoms with Gasteiger partial charge in [0.2, 0.25) is 11.8 Å². The Bertz CT molecular complexity index is 1590. The maximum Gasteiger partial charge on any atom is 0.247 e. The SMILES string of the molecule is COc1ccc(-c2nnc(Cn3c(Cc4cccc5ccccc45)nc4ccccc43)o2)cc1. The highest BCUT2D eigenvalue weighted by molar-refractivity contribution is 5.86. The van der Waals surface area contributed by atoms with Crippen LogP contribution in [0, 0.1) is 0 Å². The standard InChI is InChI=1S/C28H22N4O2/c1-33-22-15-13-20(14-16-22)28-31-30-27(34-28)18-32-25-12-5-4-11-24(25)29-26(32)17-21-9-6-8-19-7-2-3-10-23(19)21/h2-16H,17-18H2,1H3. The Morgan fingerprint density at radius 3 is 2.50 bits per heavy atom. The van der Waals surface area contributed by atoms with Crippen LogP contribution in [0.15, 0.2) is 95.4 Å². The summed E-state index contributed by atoms with van der Waals surface area (Å²) < 4.78 is 13.4. The lowest BCUT2D eigenvalue weighted by Gasteiger charge is -2.09. The zero-order chi connectivity index (χ0) is 22.9. The average Bonchev–Trinajstić information content (AvgIpc) is 3.49. The highest BCUT2D eigenvalue weighted by Crippen LogP contribution is 2.26. The molecule has 6 nitrogen and oxygen atoms in total. The number of hydrogen-bond donors (Lipinski definition) is 0. The topological polar surface area (TPSA) is 66.0 Å². The molecule has 0 atom stereocenters. The number of methoxy groups -OCH3 is 1. The third-order valence-electron chi connectivity index (χ3n) is 6.06. The number of aromatic nitrogens is 4. The first kappa shape index (κ1) is 20.2. The first-order valence-corrected chi connectivity index (χ1v) is 11.2. The minimum atomic E-state index is 0.448. The number of benzene rings is 4. The monoisotopic (exact) mass is 446 g/mol. The molecular formula is C28H22N4O2. The van der Waals surface area contributed by atoms with Crippen molar-refractivity contribution in [2.75, 3.05) is 7.11 Å². The molecule has 0 aliphatic carbocycles. The molecule has 6 heteroatoms. The second-order valence-electron chi connectivity index (χ2n) is 8.15. The van der Waals surface area contributed by atoms with Crippen LogP contribution in [-0.4, -0.2) is 26.9 Å². The Morgan fingerprint density at radius 1 is 0.824 bits per heavy atom. The number of ether oxygens (including phenoxy) is 1. The Kier molecular flexibility index (Phi) is 5.03. The van der Waals surface area contributed by atoms with Gasteiger partial charge in [0.15, 0.2) is 0 Å². The summed E-state index contributed by atoms with van der Waals surface area (Å²) in [6.45, 7) is 0.448. The van der Waals surface area contributed by atoms with E-state index in [2.05, 4.69) is 63.3 Å². The molecule has 6 rings (SSSR count). The van der Waals surface area contributed by atoms with Crippen LogP contribution >= 0.6 is 0 Å². The Labute approximate surface area is 196 Å². The molecule has 0 bridgehead atoms. The number of hydrogen-bond acceptors (Lipinski definition) is 5. The molecule has 2 aromatic heterocycles. The van der Waals surface area contributed by atoms with Gasteiger partial charge in [-0.25, -0.2) is 4.98 Å². The van der Waals surface area contributed by atoms with Crippen molar-refractivity contribution in [2.45, 2.75) is 13.0 Å². The van der Waals surface area contributed by atoms with Gasteiger partial charge >= 0.3 is 0 Å². The summed E-state index contributed by atoms with van der Waals surface area (Å²) in [4.78, 5) is 4.95. The second kappa shape index (κ2) is 8.48. The first-order valence-electron chi connectivity index (χ1n) is 11.2. The summed E-state index contributed by atoms with van der Waals surface area (Å²) in [5.41, 5.74) is 4.08. The number of nitrogens with zero attached hydrogens (tertiary/aromatic N) is 4. The smallest absolute Gasteiger partial charge is 0.247 e. The highest BCUT2D eigenvalue weighted by Gasteiger charge is 2.16. The molecule has 0 radical (unpaired) electrons. The van der Waals surface area contributed by atoms with Crippen molar-refractivity contribution in [3.05, 3.63) is 108 Å². The maximum absolute atomic E-state index is 6.03. The molecule has 0 saturated heterocycles. The Hall–Kier alpha value is -4.45. The third-order valence-corrected chi connectivity index (χ3v) is 6.06. The van der Waals surface area contributed by atoms with Gasteiger partial charge in [0.25, 0.3) is 0 Å². The van der Waals surface area contributed by atoms with Crippen LogP contribution in [0.2, 0.25) is 0 Å². The van der Waals surface area contributed by atoms with Crippen LogP contribution in [-0.2, 0) is 13.0 Å². The van der Waals surface area contributed by atoms with E-state index in [1.54, 1.807) is 7.11 Å². The van der Waals surface area contributed by atoms with E-state index in [0.717, 1.165) is 28.2 Å². The maximum atomic E-state index is 6.03. The van der Waals surface area contributed by atoms with Crippen LogP contribution in [0.3, 0.4) is 0 Å². The van der Waals surface area contributed by atoms with Crippen LogP contribution in [0.4, 0.5) is 0 Å². The van der Waals surface area contributed by atoms with E-state index in [4.69, 9.17) is 14.1 Å². The van der Waals surface area contributed by atoms with Gasteiger partial charge in [0, 0.05) is 12.0 Å². The molecule has 4 aromatic carbocycles. The van der Waals surface area contributed by atoms with Crippen molar-refractivity contribution in [1.82, 2.24) is 19.7 Å². The zero-order valence-corrected chi connectivity index (χ0v) is 18.7. The zero-order valence-electron chi connectivity index (χ0n) is 18.7. The van der Waals surface area contributed by atoms with E-state index < -0.39 is 0 Å². The van der Waals surface area contributed by atoms with E-state index in [1.165, 1.54) is 16.3 Å². The number of fused-ring (bicyclic) bond motifs is 2. The van der Waals surface area contributed by atoms with Gasteiger partial charge in [-0.15, -0.1) is 10.2 Å². The van der Waals surface area contributed by atoms with Crippen molar-refractivity contribution in [2.24, 2.45) is 0 Å². The van der Waals surface area contributed by atoms with Crippen molar-refractivity contribution >= 4 is 21.8 Å². The number of rotatable bonds is 6. The molecule has 0 N–H and O–H groups in total. The van der Waals surface area contributed by atoms with Crippen LogP contribution in [0.25, 0.3) is 33.3 Å². The fourth-order valence-corrected chi connectivity index (χ4v) is 4.36. The van der Waals surface area contributed by atoms with E-state index in [0.29, 0.717) is 24.7 Å². The molecule has 0 fully saturated rings. The van der Waals surface area contributed by atoms with Gasteiger partial charge in [0.1, 0.15) is 18.1 Å². The van der Waals surface area contributed by atoms with Gasteiger partial charge in [-0.1, -0.05) is 54.6 Å². The minimum Gasteiger partial charge on any atom is -0.497 e.